The molecule has 2 aromatic heterocycles. The number of carboxylic acids is 1. The Labute approximate surface area is 363 Å². The second-order valence-corrected chi connectivity index (χ2v) is 15.7. The van der Waals surface area contributed by atoms with E-state index in [0.29, 0.717) is 44.9 Å². The molecule has 0 saturated carbocycles. The number of nitrogens with one attached hydrogen (secondary N) is 8. The summed E-state index contributed by atoms with van der Waals surface area (Å²) in [5.74, 6) is -9.15. The molecule has 23 nitrogen and oxygen atoms in total. The Bertz CT molecular complexity index is 2450. The van der Waals surface area contributed by atoms with Gasteiger partial charge in [-0.1, -0.05) is 24.3 Å². The third-order valence-electron chi connectivity index (χ3n) is 11.2. The monoisotopic (exact) mass is 889 g/mol. The summed E-state index contributed by atoms with van der Waals surface area (Å²) >= 11 is 0. The van der Waals surface area contributed by atoms with Crippen molar-refractivity contribution in [1.29, 1.82) is 0 Å². The molecule has 4 aromatic rings. The Morgan fingerprint density at radius 2 is 1.62 bits per heavy atom. The van der Waals surface area contributed by atoms with Crippen LogP contribution in [0.3, 0.4) is 0 Å². The van der Waals surface area contributed by atoms with Crippen LogP contribution in [-0.2, 0) is 44.8 Å². The van der Waals surface area contributed by atoms with E-state index in [1.54, 1.807) is 42.6 Å². The van der Waals surface area contributed by atoms with E-state index >= 15 is 0 Å². The van der Waals surface area contributed by atoms with Crippen LogP contribution in [-0.4, -0.2) is 135 Å². The van der Waals surface area contributed by atoms with E-state index in [1.807, 2.05) is 0 Å². The van der Waals surface area contributed by atoms with Gasteiger partial charge in [-0.15, -0.1) is 0 Å². The van der Waals surface area contributed by atoms with E-state index in [0.717, 1.165) is 0 Å². The first kappa shape index (κ1) is 46.4. The number of hydrogen-bond donors (Lipinski definition) is 14. The number of carbonyl (C=O) groups is 8. The standard InChI is InChI=1S/C41H51N11O12/c1-17(41(62)63)47-37(58)27(15-53)49-39(60)32-20(5-3-9-42)18-7-8-22-23(14-45-25(22)11-18)34-33(40(61)50-28(16-54)38(59)51-32)52-36(57)26(12-30(44)55)48-35(56)24(43)10-19-13-46-31-21(19)4-2-6-29(31)64-34/h2,4,6-8,11,13-14,17,20,24,26-28,32-34,45-46,53-54H,3,5,9-10,12,15-16,42-43H2,1H3,(H2,44,55)(H,47,58)(H,48,56)(H,49,60)(H,50,61)(H,51,59)(H,52,57)(H,62,63)/t17-,20-,24-,26-,27-,28-,32-,33-,34+/m0/s1. The fourth-order valence-electron chi connectivity index (χ4n) is 7.84. The molecule has 0 spiro atoms. The molecule has 64 heavy (non-hydrogen) atoms. The number of benzene rings is 2. The highest BCUT2D eigenvalue weighted by molar-refractivity contribution is 6.00. The molecule has 342 valence electrons. The van der Waals surface area contributed by atoms with Crippen molar-refractivity contribution in [1.82, 2.24) is 41.9 Å². The van der Waals surface area contributed by atoms with Gasteiger partial charge >= 0.3 is 5.97 Å². The van der Waals surface area contributed by atoms with Crippen molar-refractivity contribution < 1.29 is 58.4 Å². The second-order valence-electron chi connectivity index (χ2n) is 15.7. The zero-order chi connectivity index (χ0) is 46.4. The van der Waals surface area contributed by atoms with Gasteiger partial charge in [-0.3, -0.25) is 38.4 Å². The maximum Gasteiger partial charge on any atom is 0.325 e. The maximum absolute atomic E-state index is 14.7. The van der Waals surface area contributed by atoms with Gasteiger partial charge in [-0.05, 0) is 56.0 Å². The van der Waals surface area contributed by atoms with Crippen LogP contribution in [0.25, 0.3) is 21.8 Å². The van der Waals surface area contributed by atoms with E-state index < -0.39 is 121 Å². The molecule has 0 aliphatic carbocycles. The molecule has 23 heteroatoms. The molecule has 3 aliphatic rings. The predicted molar refractivity (Wildman–Crippen MR) is 226 cm³/mol. The van der Waals surface area contributed by atoms with Gasteiger partial charge in [0.15, 0.2) is 6.10 Å². The number of aromatic amines is 2. The molecule has 7 amide bonds. The smallest absolute Gasteiger partial charge is 0.325 e. The van der Waals surface area contributed by atoms with Crippen LogP contribution >= 0.6 is 0 Å². The summed E-state index contributed by atoms with van der Waals surface area (Å²) in [6, 6.07) is -1.04. The average molecular weight is 890 g/mol. The number of ether oxygens (including phenoxy) is 1. The Kier molecular flexibility index (Phi) is 14.5. The lowest BCUT2D eigenvalue weighted by atomic mass is 9.85. The van der Waals surface area contributed by atoms with Gasteiger partial charge in [0.05, 0.1) is 31.2 Å². The Morgan fingerprint density at radius 3 is 2.31 bits per heavy atom. The van der Waals surface area contributed by atoms with Gasteiger partial charge in [0.2, 0.25) is 41.4 Å². The number of fused-ring (bicyclic) bond motifs is 7. The lowest BCUT2D eigenvalue weighted by molar-refractivity contribution is -0.142. The third-order valence-corrected chi connectivity index (χ3v) is 11.2. The van der Waals surface area contributed by atoms with Gasteiger partial charge in [0.25, 0.3) is 0 Å². The number of para-hydroxylation sites is 1. The van der Waals surface area contributed by atoms with Crippen LogP contribution in [0.5, 0.6) is 5.75 Å². The molecule has 0 fully saturated rings. The molecule has 7 rings (SSSR count). The van der Waals surface area contributed by atoms with Crippen LogP contribution in [0.4, 0.5) is 0 Å². The fraction of sp³-hybridized carbons (Fsp3) is 0.415. The molecular formula is C41H51N11O12. The van der Waals surface area contributed by atoms with Crippen LogP contribution in [0.2, 0.25) is 0 Å². The average Bonchev–Trinajstić information content (AvgIpc) is 3.88. The molecule has 3 aliphatic heterocycles. The van der Waals surface area contributed by atoms with E-state index in [4.69, 9.17) is 21.9 Å². The van der Waals surface area contributed by atoms with Crippen molar-refractivity contribution in [2.45, 2.75) is 86.9 Å². The molecule has 8 bridgehead atoms. The predicted octanol–water partition coefficient (Wildman–Crippen LogP) is -3.64. The summed E-state index contributed by atoms with van der Waals surface area (Å²) in [7, 11) is 0. The first-order chi connectivity index (χ1) is 30.5. The van der Waals surface area contributed by atoms with Gasteiger partial charge < -0.3 is 79.1 Å². The third kappa shape index (κ3) is 10.1. The number of amides is 7. The number of nitrogens with two attached hydrogens (primary N) is 3. The quantitative estimate of drug-likeness (QED) is 0.0653. The Hall–Kier alpha value is -7.08. The topological polar surface area (TPSA) is 388 Å². The summed E-state index contributed by atoms with van der Waals surface area (Å²) in [5, 5.41) is 45.7. The lowest BCUT2D eigenvalue weighted by Crippen LogP contribution is -2.62. The van der Waals surface area contributed by atoms with Crippen LogP contribution in [0.15, 0.2) is 48.8 Å². The molecule has 2 aromatic carbocycles. The summed E-state index contributed by atoms with van der Waals surface area (Å²) in [5.41, 5.74) is 20.0. The number of rotatable bonds is 12. The molecule has 17 N–H and O–H groups in total. The number of carbonyl (C=O) groups excluding carboxylic acids is 7. The van der Waals surface area contributed by atoms with Crippen molar-refractivity contribution in [3.05, 3.63) is 65.5 Å². The molecule has 0 radical (unpaired) electrons. The largest absolute Gasteiger partial charge is 0.481 e. The minimum Gasteiger partial charge on any atom is -0.481 e. The van der Waals surface area contributed by atoms with E-state index in [-0.39, 0.29) is 25.1 Å². The highest BCUT2D eigenvalue weighted by Gasteiger charge is 2.41. The highest BCUT2D eigenvalue weighted by atomic mass is 16.5. The number of H-pyrrole nitrogens is 2. The summed E-state index contributed by atoms with van der Waals surface area (Å²) < 4.78 is 6.70. The summed E-state index contributed by atoms with van der Waals surface area (Å²) in [6.07, 6.45) is 1.53. The zero-order valence-electron chi connectivity index (χ0n) is 34.5. The number of aliphatic hydroxyl groups is 2. The van der Waals surface area contributed by atoms with Gasteiger partial charge in [-0.25, -0.2) is 0 Å². The minimum atomic E-state index is -1.82. The molecule has 0 unspecified atom stereocenters. The van der Waals surface area contributed by atoms with E-state index in [1.165, 1.54) is 13.1 Å². The van der Waals surface area contributed by atoms with Gasteiger partial charge in [0.1, 0.15) is 42.0 Å². The SMILES string of the molecule is C[C@H](NC(=O)[C@H](CO)NC(=O)[C@H]1NC(=O)[C@H](CO)NC(=O)[C@H]2NC(=O)[C@H](CC(N)=O)NC(=O)[C@@H](N)Cc3c[nH]c4c(cccc34)O[C@@H]2c2c[nH]c3cc(ccc23)[C@@H]1CCCN)C(=O)O. The van der Waals surface area contributed by atoms with Crippen molar-refractivity contribution in [3.8, 4) is 5.75 Å². The lowest BCUT2D eigenvalue weighted by Gasteiger charge is -2.33. The maximum atomic E-state index is 14.7. The zero-order valence-corrected chi connectivity index (χ0v) is 34.5. The number of carboxylic acid groups (broad SMARTS) is 1. The number of hydrogen-bond acceptors (Lipinski definition) is 13. The molecular weight excluding hydrogens is 839 g/mol. The van der Waals surface area contributed by atoms with Crippen molar-refractivity contribution in [2.75, 3.05) is 19.8 Å². The fourth-order valence-corrected chi connectivity index (χ4v) is 7.84. The van der Waals surface area contributed by atoms with Crippen LogP contribution in [0, 0.1) is 0 Å². The number of primary amides is 1. The van der Waals surface area contributed by atoms with Crippen LogP contribution < -0.4 is 53.8 Å². The summed E-state index contributed by atoms with van der Waals surface area (Å²) in [6.45, 7) is -0.672. The number of aliphatic carboxylic acids is 1. The van der Waals surface area contributed by atoms with E-state index in [9.17, 15) is 53.7 Å². The minimum absolute atomic E-state index is 0.0161. The van der Waals surface area contributed by atoms with Crippen LogP contribution in [0.1, 0.15) is 54.9 Å². The van der Waals surface area contributed by atoms with Crippen molar-refractivity contribution in [2.24, 2.45) is 17.2 Å². The highest BCUT2D eigenvalue weighted by Crippen LogP contribution is 2.37. The number of aliphatic hydroxyl groups excluding tert-OH is 2. The molecule has 5 heterocycles. The molecule has 0 saturated heterocycles. The normalized spacial score (nSPS) is 23.9. The Balaban J connectivity index is 1.51. The van der Waals surface area contributed by atoms with E-state index in [2.05, 4.69) is 41.9 Å². The first-order valence-corrected chi connectivity index (χ1v) is 20.4. The second kappa shape index (κ2) is 20.0. The van der Waals surface area contributed by atoms with Gasteiger partial charge in [-0.2, -0.15) is 0 Å². The van der Waals surface area contributed by atoms with Crippen molar-refractivity contribution >= 4 is 69.1 Å². The Morgan fingerprint density at radius 1 is 0.891 bits per heavy atom. The van der Waals surface area contributed by atoms with Crippen molar-refractivity contribution in [3.63, 3.8) is 0 Å². The first-order valence-electron chi connectivity index (χ1n) is 20.4. The van der Waals surface area contributed by atoms with Gasteiger partial charge in [0, 0.05) is 40.2 Å². The summed E-state index contributed by atoms with van der Waals surface area (Å²) in [4.78, 5) is 114. The number of aromatic nitrogens is 2. The molecule has 9 atom stereocenters.